The zero-order chi connectivity index (χ0) is 19.3. The van der Waals surface area contributed by atoms with Gasteiger partial charge in [-0.15, -0.1) is 0 Å². The maximum absolute atomic E-state index is 12.0. The van der Waals surface area contributed by atoms with Gasteiger partial charge in [0.25, 0.3) is 0 Å². The summed E-state index contributed by atoms with van der Waals surface area (Å²) in [6.07, 6.45) is 0.840. The third-order valence-corrected chi connectivity index (χ3v) is 3.84. The molecule has 1 N–H and O–H groups in total. The SMILES string of the molecule is CCCn1c(COCc2ccc(OC(C)(C)C(=O)O)cc2)nn(C)c1=O. The third kappa shape index (κ3) is 4.72. The van der Waals surface area contributed by atoms with E-state index in [1.807, 2.05) is 19.1 Å². The van der Waals surface area contributed by atoms with Crippen molar-refractivity contribution in [3.8, 4) is 5.75 Å². The largest absolute Gasteiger partial charge is 0.478 e. The number of aliphatic carboxylic acids is 1. The van der Waals surface area contributed by atoms with Crippen molar-refractivity contribution in [3.05, 3.63) is 46.1 Å². The summed E-state index contributed by atoms with van der Waals surface area (Å²) < 4.78 is 14.1. The quantitative estimate of drug-likeness (QED) is 0.732. The molecule has 0 aliphatic carbocycles. The average Bonchev–Trinajstić information content (AvgIpc) is 2.84. The molecule has 0 bridgehead atoms. The number of aryl methyl sites for hydroxylation is 1. The molecule has 1 aromatic heterocycles. The molecule has 0 saturated heterocycles. The second-order valence-electron chi connectivity index (χ2n) is 6.53. The Morgan fingerprint density at radius 2 is 1.88 bits per heavy atom. The molecule has 0 aliphatic rings. The van der Waals surface area contributed by atoms with Crippen LogP contribution in [0.15, 0.2) is 29.1 Å². The van der Waals surface area contributed by atoms with Crippen LogP contribution in [0.4, 0.5) is 0 Å². The second kappa shape index (κ2) is 8.18. The first kappa shape index (κ1) is 19.7. The van der Waals surface area contributed by atoms with E-state index in [9.17, 15) is 9.59 Å². The topological polar surface area (TPSA) is 95.6 Å². The maximum atomic E-state index is 12.0. The van der Waals surface area contributed by atoms with Gasteiger partial charge in [-0.25, -0.2) is 14.3 Å². The smallest absolute Gasteiger partial charge is 0.347 e. The van der Waals surface area contributed by atoms with Crippen LogP contribution in [0.1, 0.15) is 38.6 Å². The first-order valence-electron chi connectivity index (χ1n) is 8.46. The number of rotatable bonds is 9. The van der Waals surface area contributed by atoms with E-state index in [1.54, 1.807) is 23.7 Å². The van der Waals surface area contributed by atoms with Gasteiger partial charge in [0.2, 0.25) is 0 Å². The lowest BCUT2D eigenvalue weighted by Crippen LogP contribution is -2.37. The van der Waals surface area contributed by atoms with Gasteiger partial charge in [0.05, 0.1) is 6.61 Å². The standard InChI is InChI=1S/C18H25N3O5/c1-5-10-21-15(19-20(4)17(21)24)12-25-11-13-6-8-14(9-7-13)26-18(2,3)16(22)23/h6-9H,5,10-12H2,1-4H3,(H,22,23). The summed E-state index contributed by atoms with van der Waals surface area (Å²) in [7, 11) is 1.62. The Morgan fingerprint density at radius 3 is 2.46 bits per heavy atom. The fourth-order valence-corrected chi connectivity index (χ4v) is 2.36. The molecule has 0 fully saturated rings. The van der Waals surface area contributed by atoms with Gasteiger partial charge in [-0.2, -0.15) is 5.10 Å². The number of ether oxygens (including phenoxy) is 2. The van der Waals surface area contributed by atoms with E-state index in [2.05, 4.69) is 5.10 Å². The van der Waals surface area contributed by atoms with Crippen LogP contribution in [0.25, 0.3) is 0 Å². The van der Waals surface area contributed by atoms with Crippen molar-refractivity contribution in [1.82, 2.24) is 14.3 Å². The van der Waals surface area contributed by atoms with Crippen LogP contribution in [0.2, 0.25) is 0 Å². The van der Waals surface area contributed by atoms with Crippen LogP contribution in [0, 0.1) is 0 Å². The Hall–Kier alpha value is -2.61. The monoisotopic (exact) mass is 363 g/mol. The van der Waals surface area contributed by atoms with Crippen LogP contribution < -0.4 is 10.4 Å². The molecule has 0 spiro atoms. The van der Waals surface area contributed by atoms with Gasteiger partial charge in [0.1, 0.15) is 12.4 Å². The van der Waals surface area contributed by atoms with Crippen LogP contribution in [0.5, 0.6) is 5.75 Å². The lowest BCUT2D eigenvalue weighted by Gasteiger charge is -2.21. The molecule has 26 heavy (non-hydrogen) atoms. The molecular weight excluding hydrogens is 338 g/mol. The molecule has 0 atom stereocenters. The van der Waals surface area contributed by atoms with Crippen molar-refractivity contribution in [3.63, 3.8) is 0 Å². The zero-order valence-corrected chi connectivity index (χ0v) is 15.6. The normalized spacial score (nSPS) is 11.5. The van der Waals surface area contributed by atoms with Gasteiger partial charge >= 0.3 is 11.7 Å². The Kier molecular flexibility index (Phi) is 6.20. The summed E-state index contributed by atoms with van der Waals surface area (Å²) >= 11 is 0. The van der Waals surface area contributed by atoms with E-state index in [4.69, 9.17) is 14.6 Å². The van der Waals surface area contributed by atoms with E-state index < -0.39 is 11.6 Å². The number of hydrogen-bond acceptors (Lipinski definition) is 5. The number of carboxylic acids is 1. The highest BCUT2D eigenvalue weighted by Gasteiger charge is 2.29. The highest BCUT2D eigenvalue weighted by Crippen LogP contribution is 2.19. The minimum Gasteiger partial charge on any atom is -0.478 e. The summed E-state index contributed by atoms with van der Waals surface area (Å²) in [5.41, 5.74) is -0.529. The van der Waals surface area contributed by atoms with Gasteiger partial charge in [-0.05, 0) is 38.0 Å². The number of carbonyl (C=O) groups is 1. The summed E-state index contributed by atoms with van der Waals surface area (Å²) in [5.74, 6) is 0.0450. The van der Waals surface area contributed by atoms with Crippen molar-refractivity contribution in [1.29, 1.82) is 0 Å². The molecule has 1 aromatic carbocycles. The number of nitrogens with zero attached hydrogens (tertiary/aromatic N) is 3. The third-order valence-electron chi connectivity index (χ3n) is 3.84. The molecular formula is C18H25N3O5. The molecule has 1 heterocycles. The number of carboxylic acid groups (broad SMARTS) is 1. The van der Waals surface area contributed by atoms with Crippen molar-refractivity contribution in [2.75, 3.05) is 0 Å². The molecule has 0 saturated carbocycles. The van der Waals surface area contributed by atoms with Crippen LogP contribution >= 0.6 is 0 Å². The number of aromatic nitrogens is 3. The lowest BCUT2D eigenvalue weighted by atomic mass is 10.1. The molecule has 2 aromatic rings. The maximum Gasteiger partial charge on any atom is 0.347 e. The first-order valence-corrected chi connectivity index (χ1v) is 8.46. The number of hydrogen-bond donors (Lipinski definition) is 1. The fraction of sp³-hybridized carbons (Fsp3) is 0.500. The van der Waals surface area contributed by atoms with Gasteiger partial charge in [-0.3, -0.25) is 4.57 Å². The van der Waals surface area contributed by atoms with Crippen molar-refractivity contribution in [2.45, 2.75) is 52.6 Å². The molecule has 8 nitrogen and oxygen atoms in total. The average molecular weight is 363 g/mol. The van der Waals surface area contributed by atoms with E-state index in [1.165, 1.54) is 18.5 Å². The molecule has 0 amide bonds. The van der Waals surface area contributed by atoms with Gasteiger partial charge in [0, 0.05) is 13.6 Å². The summed E-state index contributed by atoms with van der Waals surface area (Å²) in [4.78, 5) is 23.1. The molecule has 142 valence electrons. The van der Waals surface area contributed by atoms with Crippen LogP contribution in [0.3, 0.4) is 0 Å². The van der Waals surface area contributed by atoms with Gasteiger partial charge in [-0.1, -0.05) is 19.1 Å². The zero-order valence-electron chi connectivity index (χ0n) is 15.6. The Morgan fingerprint density at radius 1 is 1.23 bits per heavy atom. The van der Waals surface area contributed by atoms with E-state index in [0.717, 1.165) is 12.0 Å². The van der Waals surface area contributed by atoms with Gasteiger partial charge < -0.3 is 14.6 Å². The highest BCUT2D eigenvalue weighted by atomic mass is 16.5. The molecule has 0 radical (unpaired) electrons. The highest BCUT2D eigenvalue weighted by molar-refractivity contribution is 5.76. The summed E-state index contributed by atoms with van der Waals surface area (Å²) in [6.45, 7) is 6.18. The summed E-state index contributed by atoms with van der Waals surface area (Å²) in [5, 5.41) is 13.3. The Labute approximate surface area is 152 Å². The Balaban J connectivity index is 1.94. The second-order valence-corrected chi connectivity index (χ2v) is 6.53. The van der Waals surface area contributed by atoms with E-state index in [0.29, 0.717) is 24.7 Å². The fourth-order valence-electron chi connectivity index (χ4n) is 2.36. The Bertz CT molecular complexity index is 805. The van der Waals surface area contributed by atoms with E-state index >= 15 is 0 Å². The van der Waals surface area contributed by atoms with E-state index in [-0.39, 0.29) is 12.3 Å². The molecule has 0 unspecified atom stereocenters. The first-order chi connectivity index (χ1) is 12.2. The van der Waals surface area contributed by atoms with Crippen molar-refractivity contribution in [2.24, 2.45) is 7.05 Å². The predicted molar refractivity (Wildman–Crippen MR) is 95.0 cm³/mol. The van der Waals surface area contributed by atoms with Gasteiger partial charge in [0.15, 0.2) is 11.4 Å². The molecule has 8 heteroatoms. The summed E-state index contributed by atoms with van der Waals surface area (Å²) in [6, 6.07) is 7.03. The number of benzene rings is 1. The molecule has 0 aliphatic heterocycles. The van der Waals surface area contributed by atoms with Crippen molar-refractivity contribution < 1.29 is 19.4 Å². The van der Waals surface area contributed by atoms with Crippen LogP contribution in [-0.4, -0.2) is 31.0 Å². The molecule has 2 rings (SSSR count). The van der Waals surface area contributed by atoms with Crippen molar-refractivity contribution >= 4 is 5.97 Å². The minimum absolute atomic E-state index is 0.145. The predicted octanol–water partition coefficient (Wildman–Crippen LogP) is 1.95. The minimum atomic E-state index is -1.29. The lowest BCUT2D eigenvalue weighted by molar-refractivity contribution is -0.152. The van der Waals surface area contributed by atoms with Crippen LogP contribution in [-0.2, 0) is 36.3 Å².